The third-order valence-corrected chi connectivity index (χ3v) is 10.2. The maximum absolute atomic E-state index is 13.5. The first-order valence-electron chi connectivity index (χ1n) is 11.8. The predicted molar refractivity (Wildman–Crippen MR) is 100 cm³/mol. The van der Waals surface area contributed by atoms with Crippen LogP contribution in [0.3, 0.4) is 0 Å². The van der Waals surface area contributed by atoms with E-state index in [9.17, 15) is 9.59 Å². The fourth-order valence-electron chi connectivity index (χ4n) is 9.29. The molecule has 10 unspecified atom stereocenters. The molecule has 6 rings (SSSR count). The molecule has 0 aromatic rings. The van der Waals surface area contributed by atoms with Crippen LogP contribution in [-0.4, -0.2) is 11.6 Å². The molecule has 0 saturated heterocycles. The van der Waals surface area contributed by atoms with Crippen molar-refractivity contribution in [1.29, 1.82) is 0 Å². The zero-order valence-corrected chi connectivity index (χ0v) is 16.1. The smallest absolute Gasteiger partial charge is 0.139 e. The first kappa shape index (κ1) is 16.3. The second-order valence-corrected chi connectivity index (χ2v) is 10.8. The van der Waals surface area contributed by atoms with Crippen LogP contribution in [0.25, 0.3) is 0 Å². The van der Waals surface area contributed by atoms with Crippen LogP contribution in [-0.2, 0) is 9.59 Å². The topological polar surface area (TPSA) is 34.1 Å². The van der Waals surface area contributed by atoms with Gasteiger partial charge in [0, 0.05) is 23.7 Å². The number of hydrogen-bond acceptors (Lipinski definition) is 2. The third kappa shape index (κ3) is 2.11. The van der Waals surface area contributed by atoms with Gasteiger partial charge in [-0.05, 0) is 80.5 Å². The Balaban J connectivity index is 1.30. The maximum atomic E-state index is 13.5. The summed E-state index contributed by atoms with van der Waals surface area (Å²) in [7, 11) is 0. The van der Waals surface area contributed by atoms with Gasteiger partial charge in [-0.25, -0.2) is 0 Å². The lowest BCUT2D eigenvalue weighted by atomic mass is 9.60. The van der Waals surface area contributed by atoms with Crippen molar-refractivity contribution in [3.63, 3.8) is 0 Å². The molecular formula is C24H34O2. The Kier molecular flexibility index (Phi) is 3.71. The number of ketones is 2. The molecule has 6 saturated carbocycles. The fourth-order valence-corrected chi connectivity index (χ4v) is 9.29. The van der Waals surface area contributed by atoms with Crippen LogP contribution in [0, 0.1) is 59.2 Å². The maximum Gasteiger partial charge on any atom is 0.139 e. The van der Waals surface area contributed by atoms with Gasteiger partial charge >= 0.3 is 0 Å². The number of carbonyl (C=O) groups is 2. The normalized spacial score (nSPS) is 55.5. The minimum absolute atomic E-state index is 0.260. The molecule has 0 aromatic heterocycles. The van der Waals surface area contributed by atoms with Gasteiger partial charge in [0.05, 0.1) is 0 Å². The van der Waals surface area contributed by atoms with Crippen LogP contribution in [0.4, 0.5) is 0 Å². The summed E-state index contributed by atoms with van der Waals surface area (Å²) in [6, 6.07) is 0. The number of hydrogen-bond donors (Lipinski definition) is 0. The van der Waals surface area contributed by atoms with E-state index < -0.39 is 0 Å². The molecule has 26 heavy (non-hydrogen) atoms. The van der Waals surface area contributed by atoms with Crippen LogP contribution in [0.1, 0.15) is 77.0 Å². The first-order chi connectivity index (χ1) is 12.7. The fraction of sp³-hybridized carbons (Fsp3) is 0.917. The van der Waals surface area contributed by atoms with Gasteiger partial charge in [0.15, 0.2) is 0 Å². The molecule has 0 amide bonds. The molecule has 0 spiro atoms. The first-order valence-corrected chi connectivity index (χ1v) is 11.8. The summed E-state index contributed by atoms with van der Waals surface area (Å²) < 4.78 is 0. The summed E-state index contributed by atoms with van der Waals surface area (Å²) in [6.07, 6.45) is 15.3. The Morgan fingerprint density at radius 1 is 0.500 bits per heavy atom. The van der Waals surface area contributed by atoms with E-state index in [4.69, 9.17) is 0 Å². The standard InChI is InChI=1S/C24H34O2/c25-23-17-8-4-3-7-15(17)18-11-19-16-10-9-13-5-1-2-6-14(13)22(16)24(26)21(19)12-20(18)23/h13-22H,1-12H2. The lowest BCUT2D eigenvalue weighted by molar-refractivity contribution is -0.130. The molecule has 0 aliphatic heterocycles. The van der Waals surface area contributed by atoms with Gasteiger partial charge in [-0.1, -0.05) is 32.1 Å². The van der Waals surface area contributed by atoms with Crippen molar-refractivity contribution in [2.45, 2.75) is 77.0 Å². The SMILES string of the molecule is O=C1C2CCCCC2C2CC3C(CC12)C(=O)C1C2CCCCC2CCC31. The van der Waals surface area contributed by atoms with Gasteiger partial charge in [-0.15, -0.1) is 0 Å². The second-order valence-electron chi connectivity index (χ2n) is 10.8. The molecule has 0 radical (unpaired) electrons. The van der Waals surface area contributed by atoms with Gasteiger partial charge < -0.3 is 0 Å². The Morgan fingerprint density at radius 2 is 1.19 bits per heavy atom. The summed E-state index contributed by atoms with van der Waals surface area (Å²) in [6.45, 7) is 0. The molecule has 6 fully saturated rings. The minimum atomic E-state index is 0.260. The minimum Gasteiger partial charge on any atom is -0.299 e. The van der Waals surface area contributed by atoms with Crippen LogP contribution in [0.2, 0.25) is 0 Å². The monoisotopic (exact) mass is 354 g/mol. The van der Waals surface area contributed by atoms with Crippen LogP contribution in [0.15, 0.2) is 0 Å². The molecule has 142 valence electrons. The number of fused-ring (bicyclic) bond motifs is 8. The van der Waals surface area contributed by atoms with E-state index in [1.165, 1.54) is 64.2 Å². The molecule has 6 aliphatic carbocycles. The van der Waals surface area contributed by atoms with E-state index in [0.29, 0.717) is 53.0 Å². The van der Waals surface area contributed by atoms with E-state index in [1.807, 2.05) is 0 Å². The average molecular weight is 355 g/mol. The molecule has 0 N–H and O–H groups in total. The summed E-state index contributed by atoms with van der Waals surface area (Å²) >= 11 is 0. The summed E-state index contributed by atoms with van der Waals surface area (Å²) in [5, 5.41) is 0. The Labute approximate surface area is 157 Å². The van der Waals surface area contributed by atoms with Crippen molar-refractivity contribution >= 4 is 11.6 Å². The molecule has 10 atom stereocenters. The highest BCUT2D eigenvalue weighted by Gasteiger charge is 2.62. The van der Waals surface area contributed by atoms with Crippen LogP contribution in [0.5, 0.6) is 0 Å². The van der Waals surface area contributed by atoms with E-state index in [0.717, 1.165) is 18.8 Å². The second kappa shape index (κ2) is 5.92. The summed E-state index contributed by atoms with van der Waals surface area (Å²) in [5.41, 5.74) is 0. The van der Waals surface area contributed by atoms with Gasteiger partial charge in [0.1, 0.15) is 11.6 Å². The molecule has 0 aromatic carbocycles. The molecular weight excluding hydrogens is 320 g/mol. The van der Waals surface area contributed by atoms with Gasteiger partial charge in [-0.2, -0.15) is 0 Å². The van der Waals surface area contributed by atoms with E-state index >= 15 is 0 Å². The zero-order valence-electron chi connectivity index (χ0n) is 16.1. The molecule has 0 bridgehead atoms. The lowest BCUT2D eigenvalue weighted by Gasteiger charge is -2.44. The average Bonchev–Trinajstić information content (AvgIpc) is 3.13. The largest absolute Gasteiger partial charge is 0.299 e. The number of Topliss-reactive ketones (excluding diaryl/α,β-unsaturated/α-hetero) is 2. The Bertz CT molecular complexity index is 624. The third-order valence-electron chi connectivity index (χ3n) is 10.2. The van der Waals surface area contributed by atoms with Crippen molar-refractivity contribution in [2.24, 2.45) is 59.2 Å². The number of carbonyl (C=O) groups excluding carboxylic acids is 2. The Morgan fingerprint density at radius 3 is 2.08 bits per heavy atom. The van der Waals surface area contributed by atoms with Crippen molar-refractivity contribution < 1.29 is 9.59 Å². The highest BCUT2D eigenvalue weighted by molar-refractivity contribution is 5.90. The summed E-state index contributed by atoms with van der Waals surface area (Å²) in [4.78, 5) is 26.6. The van der Waals surface area contributed by atoms with Gasteiger partial charge in [-0.3, -0.25) is 9.59 Å². The van der Waals surface area contributed by atoms with Crippen molar-refractivity contribution in [2.75, 3.05) is 0 Å². The van der Waals surface area contributed by atoms with E-state index in [2.05, 4.69) is 0 Å². The molecule has 0 heterocycles. The van der Waals surface area contributed by atoms with Crippen molar-refractivity contribution in [3.05, 3.63) is 0 Å². The van der Waals surface area contributed by atoms with Gasteiger partial charge in [0.25, 0.3) is 0 Å². The summed E-state index contributed by atoms with van der Waals surface area (Å²) in [5.74, 6) is 6.69. The lowest BCUT2D eigenvalue weighted by Crippen LogP contribution is -2.38. The number of rotatable bonds is 0. The highest BCUT2D eigenvalue weighted by Crippen LogP contribution is 2.63. The van der Waals surface area contributed by atoms with Crippen LogP contribution < -0.4 is 0 Å². The van der Waals surface area contributed by atoms with E-state index in [-0.39, 0.29) is 11.8 Å². The van der Waals surface area contributed by atoms with Gasteiger partial charge in [0.2, 0.25) is 0 Å². The van der Waals surface area contributed by atoms with E-state index in [1.54, 1.807) is 0 Å². The molecule has 2 nitrogen and oxygen atoms in total. The van der Waals surface area contributed by atoms with Crippen LogP contribution >= 0.6 is 0 Å². The highest BCUT2D eigenvalue weighted by atomic mass is 16.1. The molecule has 2 heteroatoms. The quantitative estimate of drug-likeness (QED) is 0.610. The van der Waals surface area contributed by atoms with Crippen molar-refractivity contribution in [1.82, 2.24) is 0 Å². The van der Waals surface area contributed by atoms with Crippen molar-refractivity contribution in [3.8, 4) is 0 Å². The molecule has 6 aliphatic rings. The Hall–Kier alpha value is -0.660. The zero-order chi connectivity index (χ0) is 17.4. The predicted octanol–water partition coefficient (Wildman–Crippen LogP) is 5.05.